The summed E-state index contributed by atoms with van der Waals surface area (Å²) in [5.41, 5.74) is 2.48. The number of likely N-dealkylation sites (tertiary alicyclic amines) is 2. The molecule has 0 aliphatic carbocycles. The van der Waals surface area contributed by atoms with Crippen molar-refractivity contribution in [1.29, 1.82) is 0 Å². The van der Waals surface area contributed by atoms with Gasteiger partial charge in [0.15, 0.2) is 0 Å². The highest BCUT2D eigenvalue weighted by Gasteiger charge is 2.36. The highest BCUT2D eigenvalue weighted by atomic mass is 19.1. The summed E-state index contributed by atoms with van der Waals surface area (Å²) in [4.78, 5) is 45.6. The first kappa shape index (κ1) is 34.0. The first-order valence-corrected chi connectivity index (χ1v) is 16.9. The van der Waals surface area contributed by atoms with Crippen LogP contribution in [0.25, 0.3) is 0 Å². The van der Waals surface area contributed by atoms with Crippen molar-refractivity contribution in [2.24, 2.45) is 5.92 Å². The number of rotatable bonds is 10. The van der Waals surface area contributed by atoms with E-state index in [9.17, 15) is 23.2 Å². The number of carbonyl (C=O) groups is 3. The summed E-state index contributed by atoms with van der Waals surface area (Å²) < 4.78 is 28.4. The lowest BCUT2D eigenvalue weighted by Gasteiger charge is -2.46. The fourth-order valence-electron chi connectivity index (χ4n) is 7.49. The van der Waals surface area contributed by atoms with Gasteiger partial charge in [-0.3, -0.25) is 19.3 Å². The number of hydrogen-bond donors (Lipinski definition) is 2. The minimum Gasteiger partial charge on any atom is -0.344 e. The highest BCUT2D eigenvalue weighted by Crippen LogP contribution is 2.28. The zero-order valence-electron chi connectivity index (χ0n) is 27.4. The largest absolute Gasteiger partial charge is 0.344 e. The molecule has 8 nitrogen and oxygen atoms in total. The molecule has 0 spiro atoms. The Balaban J connectivity index is 1.26. The normalized spacial score (nSPS) is 20.1. The van der Waals surface area contributed by atoms with Gasteiger partial charge in [0.2, 0.25) is 17.7 Å². The molecule has 2 N–H and O–H groups in total. The molecule has 0 saturated carbocycles. The third-order valence-electron chi connectivity index (χ3n) is 9.88. The van der Waals surface area contributed by atoms with Crippen molar-refractivity contribution < 1.29 is 23.2 Å². The van der Waals surface area contributed by atoms with E-state index in [1.54, 1.807) is 11.8 Å². The summed E-state index contributed by atoms with van der Waals surface area (Å²) in [5, 5.41) is 6.35. The molecule has 5 rings (SSSR count). The highest BCUT2D eigenvalue weighted by molar-refractivity contribution is 5.88. The van der Waals surface area contributed by atoms with Crippen LogP contribution in [0.2, 0.25) is 0 Å². The van der Waals surface area contributed by atoms with Gasteiger partial charge in [0.1, 0.15) is 17.7 Å². The van der Waals surface area contributed by atoms with Gasteiger partial charge in [0.05, 0.1) is 0 Å². The number of nitrogens with one attached hydrogen (secondary N) is 2. The molecule has 0 radical (unpaired) electrons. The topological polar surface area (TPSA) is 85.0 Å². The van der Waals surface area contributed by atoms with Gasteiger partial charge in [0.25, 0.3) is 0 Å². The molecule has 0 aromatic heterocycles. The van der Waals surface area contributed by atoms with Crippen LogP contribution in [0, 0.1) is 17.6 Å². The molecule has 3 aliphatic heterocycles. The summed E-state index contributed by atoms with van der Waals surface area (Å²) in [5.74, 6) is -1.32. The van der Waals surface area contributed by atoms with Crippen LogP contribution < -0.4 is 10.6 Å². The molecule has 3 heterocycles. The van der Waals surface area contributed by atoms with E-state index in [1.807, 2.05) is 23.1 Å². The van der Waals surface area contributed by atoms with Gasteiger partial charge < -0.3 is 20.4 Å². The van der Waals surface area contributed by atoms with E-state index in [0.29, 0.717) is 31.1 Å². The summed E-state index contributed by atoms with van der Waals surface area (Å²) in [6.07, 6.45) is 4.49. The van der Waals surface area contributed by atoms with Crippen molar-refractivity contribution in [2.75, 3.05) is 39.3 Å². The molecule has 46 heavy (non-hydrogen) atoms. The van der Waals surface area contributed by atoms with Gasteiger partial charge in [-0.25, -0.2) is 8.78 Å². The fourth-order valence-corrected chi connectivity index (χ4v) is 7.49. The monoisotopic (exact) mass is 637 g/mol. The maximum Gasteiger partial charge on any atom is 0.245 e. The number of halogens is 2. The second-order valence-electron chi connectivity index (χ2n) is 13.6. The van der Waals surface area contributed by atoms with Crippen LogP contribution in [-0.2, 0) is 27.2 Å². The van der Waals surface area contributed by atoms with Crippen molar-refractivity contribution in [2.45, 2.75) is 89.9 Å². The molecule has 2 aromatic rings. The molecule has 0 bridgehead atoms. The molecule has 10 heteroatoms. The summed E-state index contributed by atoms with van der Waals surface area (Å²) >= 11 is 0. The number of amides is 3. The van der Waals surface area contributed by atoms with Crippen molar-refractivity contribution in [3.05, 3.63) is 70.8 Å². The molecule has 3 aliphatic rings. The van der Waals surface area contributed by atoms with E-state index in [1.165, 1.54) is 17.7 Å². The second-order valence-corrected chi connectivity index (χ2v) is 13.6. The Hall–Kier alpha value is -3.37. The molecule has 2 saturated heterocycles. The minimum absolute atomic E-state index is 0.0561. The summed E-state index contributed by atoms with van der Waals surface area (Å²) in [6, 6.07) is 11.0. The molecular formula is C36H49F2N5O3. The summed E-state index contributed by atoms with van der Waals surface area (Å²) in [7, 11) is 0. The molecule has 250 valence electrons. The lowest BCUT2D eigenvalue weighted by Crippen LogP contribution is -2.56. The maximum absolute atomic E-state index is 14.8. The first-order chi connectivity index (χ1) is 22.1. The van der Waals surface area contributed by atoms with Crippen molar-refractivity contribution in [3.8, 4) is 0 Å². The number of carbonyl (C=O) groups excluding carboxylic acids is 3. The van der Waals surface area contributed by atoms with Gasteiger partial charge in [0, 0.05) is 76.7 Å². The zero-order chi connectivity index (χ0) is 32.8. The Morgan fingerprint density at radius 2 is 1.61 bits per heavy atom. The van der Waals surface area contributed by atoms with Crippen LogP contribution in [0.15, 0.2) is 42.5 Å². The number of nitrogens with zero attached hydrogens (tertiary/aromatic N) is 3. The van der Waals surface area contributed by atoms with Crippen LogP contribution in [0.3, 0.4) is 0 Å². The smallest absolute Gasteiger partial charge is 0.245 e. The van der Waals surface area contributed by atoms with E-state index in [4.69, 9.17) is 0 Å². The molecule has 2 atom stereocenters. The van der Waals surface area contributed by atoms with Crippen LogP contribution in [0.1, 0.15) is 75.6 Å². The molecule has 2 aromatic carbocycles. The molecule has 2 fully saturated rings. The zero-order valence-corrected chi connectivity index (χ0v) is 27.4. The average Bonchev–Trinajstić information content (AvgIpc) is 3.04. The van der Waals surface area contributed by atoms with Gasteiger partial charge in [-0.05, 0) is 67.3 Å². The molecule has 2 unspecified atom stereocenters. The lowest BCUT2D eigenvalue weighted by molar-refractivity contribution is -0.138. The molecular weight excluding hydrogens is 588 g/mol. The van der Waals surface area contributed by atoms with Gasteiger partial charge in [-0.1, -0.05) is 44.2 Å². The van der Waals surface area contributed by atoms with E-state index >= 15 is 0 Å². The van der Waals surface area contributed by atoms with E-state index < -0.39 is 17.7 Å². The van der Waals surface area contributed by atoms with Crippen LogP contribution in [-0.4, -0.2) is 89.8 Å². The van der Waals surface area contributed by atoms with Gasteiger partial charge in [-0.2, -0.15) is 0 Å². The minimum atomic E-state index is -0.967. The Bertz CT molecular complexity index is 1370. The number of hydrogen-bond acceptors (Lipinski definition) is 5. The third kappa shape index (κ3) is 8.50. The molecule has 3 amide bonds. The first-order valence-electron chi connectivity index (χ1n) is 16.9. The van der Waals surface area contributed by atoms with Gasteiger partial charge in [-0.15, -0.1) is 0 Å². The van der Waals surface area contributed by atoms with Crippen molar-refractivity contribution in [3.63, 3.8) is 0 Å². The predicted octanol–water partition coefficient (Wildman–Crippen LogP) is 4.23. The number of benzene rings is 2. The van der Waals surface area contributed by atoms with Crippen molar-refractivity contribution >= 4 is 17.7 Å². The van der Waals surface area contributed by atoms with Crippen LogP contribution >= 0.6 is 0 Å². The van der Waals surface area contributed by atoms with E-state index in [0.717, 1.165) is 69.9 Å². The van der Waals surface area contributed by atoms with E-state index in [-0.39, 0.29) is 42.2 Å². The van der Waals surface area contributed by atoms with E-state index in [2.05, 4.69) is 35.4 Å². The van der Waals surface area contributed by atoms with Crippen LogP contribution in [0.5, 0.6) is 0 Å². The Morgan fingerprint density at radius 3 is 2.24 bits per heavy atom. The standard InChI is InChI=1S/C36H49F2N5O3/c1-24(2)23-43(29-11-16-41(17-12-29)25(3)44)30-13-18-42(19-14-30)36(46)34(20-27-8-9-28(37)21-32(27)38)40-35(45)22-33-31-7-5-4-6-26(31)10-15-39-33/h4-9,21,24,29-30,33-34,39H,10-20,22-23H2,1-3H3,(H,40,45). The SMILES string of the molecule is CC(=O)N1CCC(N(CC(C)C)C2CCN(C(=O)C(Cc3ccc(F)cc3F)NC(=O)CC3NCCc4ccccc43)CC2)CC1. The van der Waals surface area contributed by atoms with Gasteiger partial charge >= 0.3 is 0 Å². The predicted molar refractivity (Wildman–Crippen MR) is 174 cm³/mol. The van der Waals surface area contributed by atoms with Crippen LogP contribution in [0.4, 0.5) is 8.78 Å². The lowest BCUT2D eigenvalue weighted by atomic mass is 9.92. The average molecular weight is 638 g/mol. The Morgan fingerprint density at radius 1 is 0.957 bits per heavy atom. The Labute approximate surface area is 271 Å². The third-order valence-corrected chi connectivity index (χ3v) is 9.88. The summed E-state index contributed by atoms with van der Waals surface area (Å²) in [6.45, 7) is 10.4. The number of piperidine rings is 2. The quantitative estimate of drug-likeness (QED) is 0.408. The fraction of sp³-hybridized carbons (Fsp3) is 0.583. The maximum atomic E-state index is 14.8. The Kier molecular flexibility index (Phi) is 11.4. The second kappa shape index (κ2) is 15.5. The van der Waals surface area contributed by atoms with Crippen molar-refractivity contribution in [1.82, 2.24) is 25.3 Å². The number of fused-ring (bicyclic) bond motifs is 1.